The molecule has 3 nitrogen and oxygen atoms in total. The summed E-state index contributed by atoms with van der Waals surface area (Å²) in [6, 6.07) is 23.9. The Morgan fingerprint density at radius 2 is 1.71 bits per heavy atom. The van der Waals surface area contributed by atoms with E-state index in [0.717, 1.165) is 38.0 Å². The van der Waals surface area contributed by atoms with Crippen LogP contribution in [0.2, 0.25) is 5.02 Å². The van der Waals surface area contributed by atoms with E-state index in [0.29, 0.717) is 11.1 Å². The minimum absolute atomic E-state index is 0.424. The zero-order valence-corrected chi connectivity index (χ0v) is 16.4. The number of rotatable bonds is 3. The van der Waals surface area contributed by atoms with Gasteiger partial charge in [-0.05, 0) is 65.4 Å². The zero-order valence-electron chi connectivity index (χ0n) is 15.7. The van der Waals surface area contributed by atoms with E-state index in [9.17, 15) is 5.26 Å². The number of hydrogen-bond acceptors (Lipinski definition) is 3. The highest BCUT2D eigenvalue weighted by Gasteiger charge is 2.38. The van der Waals surface area contributed by atoms with Crippen LogP contribution in [-0.2, 0) is 6.42 Å². The highest BCUT2D eigenvalue weighted by atomic mass is 35.5. The minimum atomic E-state index is -0.512. The van der Waals surface area contributed by atoms with Gasteiger partial charge in [-0.15, -0.1) is 0 Å². The van der Waals surface area contributed by atoms with Crippen LogP contribution in [-0.4, -0.2) is 23.5 Å². The summed E-state index contributed by atoms with van der Waals surface area (Å²) in [4.78, 5) is 2.56. The van der Waals surface area contributed by atoms with E-state index in [4.69, 9.17) is 11.6 Å². The number of nitrogens with one attached hydrogen (secondary N) is 1. The first-order valence-corrected chi connectivity index (χ1v) is 10.2. The second kappa shape index (κ2) is 6.81. The summed E-state index contributed by atoms with van der Waals surface area (Å²) in [5.74, 6) is 0. The minimum Gasteiger partial charge on any atom is -0.367 e. The summed E-state index contributed by atoms with van der Waals surface area (Å²) >= 11 is 5.99. The van der Waals surface area contributed by atoms with Crippen LogP contribution in [0, 0.1) is 11.3 Å². The monoisotopic (exact) mass is 387 g/mol. The van der Waals surface area contributed by atoms with Crippen LogP contribution in [0.5, 0.6) is 0 Å². The average molecular weight is 388 g/mol. The maximum atomic E-state index is 9.92. The SMILES string of the molecule is N#CC1(Nc2ccc(Cl)cc2)CCN(C2Cc3cccc4cccc2c34)CC1. The van der Waals surface area contributed by atoms with E-state index in [1.165, 1.54) is 21.9 Å². The highest BCUT2D eigenvalue weighted by Crippen LogP contribution is 2.42. The molecule has 0 radical (unpaired) electrons. The zero-order chi connectivity index (χ0) is 19.1. The largest absolute Gasteiger partial charge is 0.367 e. The van der Waals surface area contributed by atoms with Crippen molar-refractivity contribution in [3.05, 3.63) is 76.8 Å². The Morgan fingerprint density at radius 3 is 2.43 bits per heavy atom. The molecule has 140 valence electrons. The number of nitriles is 1. The Hall–Kier alpha value is -2.54. The number of piperidine rings is 1. The molecular weight excluding hydrogens is 366 g/mol. The van der Waals surface area contributed by atoms with Crippen molar-refractivity contribution in [1.82, 2.24) is 4.90 Å². The van der Waals surface area contributed by atoms with Gasteiger partial charge in [-0.1, -0.05) is 48.0 Å². The molecule has 1 aliphatic heterocycles. The van der Waals surface area contributed by atoms with Crippen molar-refractivity contribution >= 4 is 28.1 Å². The van der Waals surface area contributed by atoms with Gasteiger partial charge in [-0.3, -0.25) is 4.90 Å². The molecule has 3 aromatic carbocycles. The van der Waals surface area contributed by atoms with Crippen molar-refractivity contribution in [1.29, 1.82) is 5.26 Å². The Labute approximate surface area is 170 Å². The molecule has 1 atom stereocenters. The van der Waals surface area contributed by atoms with Crippen LogP contribution < -0.4 is 5.32 Å². The summed E-state index contributed by atoms with van der Waals surface area (Å²) in [7, 11) is 0. The number of benzene rings is 3. The third-order valence-electron chi connectivity index (χ3n) is 6.33. The summed E-state index contributed by atoms with van der Waals surface area (Å²) in [6.07, 6.45) is 2.70. The fourth-order valence-electron chi connectivity index (χ4n) is 4.83. The topological polar surface area (TPSA) is 39.1 Å². The third kappa shape index (κ3) is 2.94. The van der Waals surface area contributed by atoms with Gasteiger partial charge in [0.15, 0.2) is 0 Å². The normalized spacial score (nSPS) is 20.8. The maximum absolute atomic E-state index is 9.92. The van der Waals surface area contributed by atoms with Gasteiger partial charge < -0.3 is 5.32 Å². The van der Waals surface area contributed by atoms with Gasteiger partial charge in [-0.25, -0.2) is 0 Å². The van der Waals surface area contributed by atoms with Crippen molar-refractivity contribution in [3.8, 4) is 6.07 Å². The fourth-order valence-corrected chi connectivity index (χ4v) is 4.96. The molecule has 4 heteroatoms. The van der Waals surface area contributed by atoms with Gasteiger partial charge in [0.25, 0.3) is 0 Å². The van der Waals surface area contributed by atoms with Crippen molar-refractivity contribution in [2.45, 2.75) is 30.8 Å². The molecule has 3 aromatic rings. The van der Waals surface area contributed by atoms with E-state index in [2.05, 4.69) is 52.7 Å². The number of likely N-dealkylation sites (tertiary alicyclic amines) is 1. The van der Waals surface area contributed by atoms with Crippen molar-refractivity contribution < 1.29 is 0 Å². The molecule has 2 aliphatic rings. The second-order valence-electron chi connectivity index (χ2n) is 7.94. The second-order valence-corrected chi connectivity index (χ2v) is 8.38. The maximum Gasteiger partial charge on any atom is 0.127 e. The Morgan fingerprint density at radius 1 is 1.00 bits per heavy atom. The lowest BCUT2D eigenvalue weighted by Gasteiger charge is -2.41. The van der Waals surface area contributed by atoms with Crippen LogP contribution >= 0.6 is 11.6 Å². The Balaban J connectivity index is 1.34. The van der Waals surface area contributed by atoms with E-state index in [1.807, 2.05) is 24.3 Å². The molecule has 0 bridgehead atoms. The van der Waals surface area contributed by atoms with Gasteiger partial charge in [0, 0.05) is 29.8 Å². The molecule has 28 heavy (non-hydrogen) atoms. The van der Waals surface area contributed by atoms with Crippen LogP contribution in [0.3, 0.4) is 0 Å². The lowest BCUT2D eigenvalue weighted by Crippen LogP contribution is -2.49. The third-order valence-corrected chi connectivity index (χ3v) is 6.58. The fraction of sp³-hybridized carbons (Fsp3) is 0.292. The predicted octanol–water partition coefficient (Wildman–Crippen LogP) is 5.56. The van der Waals surface area contributed by atoms with E-state index in [1.54, 1.807) is 0 Å². The van der Waals surface area contributed by atoms with Gasteiger partial charge in [0.05, 0.1) is 6.07 Å². The van der Waals surface area contributed by atoms with Crippen LogP contribution in [0.4, 0.5) is 5.69 Å². The molecule has 0 amide bonds. The van der Waals surface area contributed by atoms with Crippen molar-refractivity contribution in [3.63, 3.8) is 0 Å². The van der Waals surface area contributed by atoms with Crippen LogP contribution in [0.1, 0.15) is 30.0 Å². The quantitative estimate of drug-likeness (QED) is 0.639. The lowest BCUT2D eigenvalue weighted by molar-refractivity contribution is 0.144. The molecule has 1 aliphatic carbocycles. The first kappa shape index (κ1) is 17.6. The van der Waals surface area contributed by atoms with Crippen molar-refractivity contribution in [2.75, 3.05) is 18.4 Å². The summed E-state index contributed by atoms with van der Waals surface area (Å²) in [5, 5.41) is 16.9. The smallest absolute Gasteiger partial charge is 0.127 e. The molecular formula is C24H22ClN3. The molecule has 0 saturated carbocycles. The predicted molar refractivity (Wildman–Crippen MR) is 115 cm³/mol. The average Bonchev–Trinajstić information content (AvgIpc) is 3.11. The summed E-state index contributed by atoms with van der Waals surface area (Å²) in [5.41, 5.74) is 3.34. The van der Waals surface area contributed by atoms with E-state index in [-0.39, 0.29) is 0 Å². The molecule has 1 N–H and O–H groups in total. The molecule has 1 heterocycles. The lowest BCUT2D eigenvalue weighted by atomic mass is 9.87. The first-order chi connectivity index (χ1) is 13.7. The molecule has 1 unspecified atom stereocenters. The standard InChI is InChI=1S/C24H22ClN3/c25-19-7-9-20(10-8-19)27-24(16-26)11-13-28(14-12-24)22-15-18-5-1-3-17-4-2-6-21(22)23(17)18/h1-10,22,27H,11-15H2. The molecule has 1 fully saturated rings. The van der Waals surface area contributed by atoms with Crippen LogP contribution in [0.15, 0.2) is 60.7 Å². The molecule has 0 aromatic heterocycles. The molecule has 5 rings (SSSR count). The summed E-state index contributed by atoms with van der Waals surface area (Å²) < 4.78 is 0. The number of halogens is 1. The Bertz CT molecular complexity index is 1050. The summed E-state index contributed by atoms with van der Waals surface area (Å²) in [6.45, 7) is 1.84. The van der Waals surface area contributed by atoms with Gasteiger partial charge in [0.1, 0.15) is 5.54 Å². The van der Waals surface area contributed by atoms with Gasteiger partial charge in [-0.2, -0.15) is 5.26 Å². The number of nitrogens with zero attached hydrogens (tertiary/aromatic N) is 2. The number of anilines is 1. The van der Waals surface area contributed by atoms with Crippen molar-refractivity contribution in [2.24, 2.45) is 0 Å². The van der Waals surface area contributed by atoms with Crippen LogP contribution in [0.25, 0.3) is 10.8 Å². The first-order valence-electron chi connectivity index (χ1n) is 9.87. The highest BCUT2D eigenvalue weighted by molar-refractivity contribution is 6.30. The molecule has 1 saturated heterocycles. The van der Waals surface area contributed by atoms with E-state index < -0.39 is 5.54 Å². The molecule has 0 spiro atoms. The van der Waals surface area contributed by atoms with Gasteiger partial charge in [0.2, 0.25) is 0 Å². The van der Waals surface area contributed by atoms with E-state index >= 15 is 0 Å². The van der Waals surface area contributed by atoms with Gasteiger partial charge >= 0.3 is 0 Å². The Kier molecular flexibility index (Phi) is 4.27. The number of hydrogen-bond donors (Lipinski definition) is 1.